The van der Waals surface area contributed by atoms with E-state index < -0.39 is 16.6 Å². The number of benzene rings is 1. The molecule has 1 N–H and O–H groups in total. The molecule has 1 fully saturated rings. The predicted octanol–water partition coefficient (Wildman–Crippen LogP) is 9.73. The molecule has 1 amide bonds. The molecule has 8 heteroatoms. The standard InChI is InChI=1S/C35H63NO5Si2/c1-34(2,3)42(8,9)40-30-26-31(41-43(10,11)35(4,5)6)29(28(30)22-17-12-13-18-25-33(38)39-7)23-19-24-32(37)36-27-20-15-14-16-21-27/h14-16,20-21,28-31H,12-13,17-19,22-26H2,1-11H3,(H,36,37)/t28-,29-,30+,31?/m1/s1. The molecule has 4 atom stereocenters. The van der Waals surface area contributed by atoms with Crippen molar-refractivity contribution in [2.75, 3.05) is 12.4 Å². The molecule has 0 bridgehead atoms. The largest absolute Gasteiger partial charge is 0.469 e. The summed E-state index contributed by atoms with van der Waals surface area (Å²) in [7, 11) is -2.55. The zero-order valence-electron chi connectivity index (χ0n) is 29.3. The van der Waals surface area contributed by atoms with Crippen molar-refractivity contribution in [3.8, 4) is 0 Å². The first-order valence-corrected chi connectivity index (χ1v) is 22.5. The molecular weight excluding hydrogens is 571 g/mol. The van der Waals surface area contributed by atoms with Gasteiger partial charge >= 0.3 is 5.97 Å². The predicted molar refractivity (Wildman–Crippen MR) is 184 cm³/mol. The van der Waals surface area contributed by atoms with Gasteiger partial charge in [-0.3, -0.25) is 9.59 Å². The van der Waals surface area contributed by atoms with E-state index in [1.165, 1.54) is 7.11 Å². The third-order valence-electron chi connectivity index (χ3n) is 10.4. The summed E-state index contributed by atoms with van der Waals surface area (Å²) < 4.78 is 19.2. The van der Waals surface area contributed by atoms with Crippen molar-refractivity contribution in [1.82, 2.24) is 0 Å². The van der Waals surface area contributed by atoms with Crippen LogP contribution in [-0.4, -0.2) is 47.8 Å². The van der Waals surface area contributed by atoms with Crippen molar-refractivity contribution >= 4 is 34.2 Å². The number of rotatable bonds is 16. The summed E-state index contributed by atoms with van der Waals surface area (Å²) in [5, 5.41) is 3.31. The van der Waals surface area contributed by atoms with Gasteiger partial charge in [0.25, 0.3) is 0 Å². The monoisotopic (exact) mass is 633 g/mol. The summed E-state index contributed by atoms with van der Waals surface area (Å²) in [6.07, 6.45) is 9.27. The van der Waals surface area contributed by atoms with Crippen LogP contribution in [0.25, 0.3) is 0 Å². The molecule has 43 heavy (non-hydrogen) atoms. The summed E-state index contributed by atoms with van der Waals surface area (Å²) in [5.74, 6) is 0.716. The first kappa shape index (κ1) is 37.7. The van der Waals surface area contributed by atoms with E-state index in [0.29, 0.717) is 24.7 Å². The molecule has 6 nitrogen and oxygen atoms in total. The Morgan fingerprint density at radius 2 is 1.23 bits per heavy atom. The molecule has 0 saturated heterocycles. The Morgan fingerprint density at radius 3 is 1.72 bits per heavy atom. The van der Waals surface area contributed by atoms with Crippen LogP contribution in [0.2, 0.25) is 36.3 Å². The Kier molecular flexibility index (Phi) is 14.2. The fourth-order valence-corrected chi connectivity index (χ4v) is 8.42. The van der Waals surface area contributed by atoms with Crippen LogP contribution in [0.4, 0.5) is 5.69 Å². The second-order valence-corrected chi connectivity index (χ2v) is 25.2. The van der Waals surface area contributed by atoms with Crippen LogP contribution in [0.5, 0.6) is 0 Å². The average Bonchev–Trinajstić information content (AvgIpc) is 3.19. The second kappa shape index (κ2) is 16.2. The number of hydrogen-bond acceptors (Lipinski definition) is 5. The number of esters is 1. The molecule has 1 aliphatic rings. The van der Waals surface area contributed by atoms with Gasteiger partial charge in [0.05, 0.1) is 19.3 Å². The van der Waals surface area contributed by atoms with Gasteiger partial charge in [-0.15, -0.1) is 0 Å². The molecule has 0 heterocycles. The van der Waals surface area contributed by atoms with E-state index in [2.05, 4.69) is 73.0 Å². The van der Waals surface area contributed by atoms with E-state index >= 15 is 0 Å². The van der Waals surface area contributed by atoms with Gasteiger partial charge in [0.15, 0.2) is 16.6 Å². The third kappa shape index (κ3) is 11.8. The van der Waals surface area contributed by atoms with Crippen LogP contribution >= 0.6 is 0 Å². The van der Waals surface area contributed by atoms with Gasteiger partial charge in [0.2, 0.25) is 5.91 Å². The molecular formula is C35H63NO5Si2. The van der Waals surface area contributed by atoms with Crippen LogP contribution in [-0.2, 0) is 23.2 Å². The highest BCUT2D eigenvalue weighted by Crippen LogP contribution is 2.49. The van der Waals surface area contributed by atoms with Gasteiger partial charge < -0.3 is 18.9 Å². The van der Waals surface area contributed by atoms with E-state index in [9.17, 15) is 9.59 Å². The highest BCUT2D eigenvalue weighted by atomic mass is 28.4. The second-order valence-electron chi connectivity index (χ2n) is 15.7. The van der Waals surface area contributed by atoms with Crippen molar-refractivity contribution < 1.29 is 23.2 Å². The molecule has 0 aromatic heterocycles. The Hall–Kier alpha value is -1.49. The van der Waals surface area contributed by atoms with Crippen molar-refractivity contribution in [2.45, 2.75) is 154 Å². The number of para-hydroxylation sites is 1. The van der Waals surface area contributed by atoms with Crippen molar-refractivity contribution in [1.29, 1.82) is 0 Å². The van der Waals surface area contributed by atoms with E-state index in [-0.39, 0.29) is 34.2 Å². The molecule has 0 spiro atoms. The van der Waals surface area contributed by atoms with Crippen LogP contribution < -0.4 is 5.32 Å². The number of hydrogen-bond donors (Lipinski definition) is 1. The van der Waals surface area contributed by atoms with E-state index in [4.69, 9.17) is 13.6 Å². The van der Waals surface area contributed by atoms with Crippen molar-refractivity contribution in [3.05, 3.63) is 30.3 Å². The zero-order chi connectivity index (χ0) is 32.5. The SMILES string of the molecule is COC(=O)CCCCCC[C@H]1[C@@H](O[Si](C)(C)C(C)(C)C)CC(O[Si](C)(C)C(C)(C)C)[C@@H]1CCCC(=O)Nc1ccccc1. The normalized spacial score (nSPS) is 21.6. The summed E-state index contributed by atoms with van der Waals surface area (Å²) >= 11 is 0. The summed E-state index contributed by atoms with van der Waals surface area (Å²) in [6, 6.07) is 9.71. The lowest BCUT2D eigenvalue weighted by atomic mass is 9.85. The third-order valence-corrected chi connectivity index (χ3v) is 19.4. The summed E-state index contributed by atoms with van der Waals surface area (Å²) in [6.45, 7) is 23.3. The van der Waals surface area contributed by atoms with E-state index in [1.807, 2.05) is 30.3 Å². The van der Waals surface area contributed by atoms with Crippen LogP contribution in [0, 0.1) is 11.8 Å². The number of carbonyl (C=O) groups is 2. The van der Waals surface area contributed by atoms with Gasteiger partial charge in [-0.25, -0.2) is 0 Å². The highest BCUT2D eigenvalue weighted by molar-refractivity contribution is 6.74. The summed E-state index contributed by atoms with van der Waals surface area (Å²) in [4.78, 5) is 24.4. The minimum Gasteiger partial charge on any atom is -0.469 e. The first-order valence-electron chi connectivity index (χ1n) is 16.7. The minimum absolute atomic E-state index is 0.0716. The lowest BCUT2D eigenvalue weighted by Crippen LogP contribution is -2.45. The number of methoxy groups -OCH3 is 1. The van der Waals surface area contributed by atoms with Gasteiger partial charge in [0.1, 0.15) is 0 Å². The quantitative estimate of drug-likeness (QED) is 0.111. The lowest BCUT2D eigenvalue weighted by Gasteiger charge is -2.40. The van der Waals surface area contributed by atoms with Crippen LogP contribution in [0.3, 0.4) is 0 Å². The van der Waals surface area contributed by atoms with E-state index in [1.54, 1.807) is 0 Å². The Bertz CT molecular complexity index is 1000. The number of amides is 1. The minimum atomic E-state index is -2.01. The highest BCUT2D eigenvalue weighted by Gasteiger charge is 2.50. The fourth-order valence-electron chi connectivity index (χ4n) is 5.66. The molecule has 1 aliphatic carbocycles. The van der Waals surface area contributed by atoms with Gasteiger partial charge in [-0.2, -0.15) is 0 Å². The average molecular weight is 634 g/mol. The van der Waals surface area contributed by atoms with Crippen molar-refractivity contribution in [2.24, 2.45) is 11.8 Å². The molecule has 0 radical (unpaired) electrons. The fraction of sp³-hybridized carbons (Fsp3) is 0.771. The first-order chi connectivity index (χ1) is 19.9. The van der Waals surface area contributed by atoms with Gasteiger partial charge in [-0.05, 0) is 92.3 Å². The summed E-state index contributed by atoms with van der Waals surface area (Å²) in [5.41, 5.74) is 0.848. The van der Waals surface area contributed by atoms with Crippen LogP contribution in [0.1, 0.15) is 106 Å². The molecule has 1 aromatic rings. The number of carbonyl (C=O) groups excluding carboxylic acids is 2. The molecule has 2 rings (SSSR count). The molecule has 1 saturated carbocycles. The Morgan fingerprint density at radius 1 is 0.744 bits per heavy atom. The number of anilines is 1. The van der Waals surface area contributed by atoms with Gasteiger partial charge in [-0.1, -0.05) is 79.0 Å². The zero-order valence-corrected chi connectivity index (χ0v) is 31.3. The topological polar surface area (TPSA) is 73.9 Å². The molecule has 1 aromatic carbocycles. The lowest BCUT2D eigenvalue weighted by molar-refractivity contribution is -0.140. The Labute approximate surface area is 265 Å². The maximum atomic E-state index is 12.8. The number of unbranched alkanes of at least 4 members (excludes halogenated alkanes) is 3. The number of nitrogens with one attached hydrogen (secondary N) is 1. The molecule has 0 aliphatic heterocycles. The maximum Gasteiger partial charge on any atom is 0.305 e. The molecule has 1 unspecified atom stereocenters. The van der Waals surface area contributed by atoms with E-state index in [0.717, 1.165) is 57.1 Å². The Balaban J connectivity index is 2.23. The number of ether oxygens (including phenoxy) is 1. The maximum absolute atomic E-state index is 12.8. The van der Waals surface area contributed by atoms with Crippen molar-refractivity contribution in [3.63, 3.8) is 0 Å². The van der Waals surface area contributed by atoms with Crippen LogP contribution in [0.15, 0.2) is 30.3 Å². The molecule has 246 valence electrons. The van der Waals surface area contributed by atoms with Gasteiger partial charge in [0, 0.05) is 18.5 Å². The smallest absolute Gasteiger partial charge is 0.305 e.